The van der Waals surface area contributed by atoms with Gasteiger partial charge in [-0.05, 0) is 6.07 Å². The molecule has 1 spiro atoms. The van der Waals surface area contributed by atoms with Crippen molar-refractivity contribution in [3.63, 3.8) is 0 Å². The molecule has 0 saturated carbocycles. The first-order chi connectivity index (χ1) is 10.9. The van der Waals surface area contributed by atoms with E-state index in [1.54, 1.807) is 24.3 Å². The highest BCUT2D eigenvalue weighted by molar-refractivity contribution is 6.02. The van der Waals surface area contributed by atoms with Crippen LogP contribution in [-0.2, 0) is 14.3 Å². The molecule has 1 aromatic rings. The van der Waals surface area contributed by atoms with E-state index >= 15 is 0 Å². The molecule has 3 aliphatic rings. The highest BCUT2D eigenvalue weighted by Gasteiger charge is 2.67. The number of carbonyl (C=O) groups excluding carboxylic acids is 1. The van der Waals surface area contributed by atoms with Crippen molar-refractivity contribution >= 4 is 23.3 Å². The molecule has 8 heteroatoms. The van der Waals surface area contributed by atoms with Crippen molar-refractivity contribution in [3.05, 3.63) is 41.6 Å². The van der Waals surface area contributed by atoms with Crippen molar-refractivity contribution in [2.75, 3.05) is 11.4 Å². The minimum atomic E-state index is -1.09. The van der Waals surface area contributed by atoms with Gasteiger partial charge < -0.3 is 20.0 Å². The predicted octanol–water partition coefficient (Wildman–Crippen LogP) is -0.539. The summed E-state index contributed by atoms with van der Waals surface area (Å²) in [5, 5.41) is 28.5. The minimum Gasteiger partial charge on any atom is -0.595 e. The van der Waals surface area contributed by atoms with Crippen LogP contribution >= 0.6 is 0 Å². The Morgan fingerprint density at radius 2 is 2.26 bits per heavy atom. The first-order valence-corrected chi connectivity index (χ1v) is 7.18. The Morgan fingerprint density at radius 1 is 1.48 bits per heavy atom. The molecule has 5 atom stereocenters. The zero-order valence-corrected chi connectivity index (χ0v) is 11.9. The smallest absolute Gasteiger partial charge is 0.310 e. The molecule has 1 amide bonds. The fraction of sp³-hybridized carbons (Fsp3) is 0.333. The van der Waals surface area contributed by atoms with Crippen LogP contribution in [0.5, 0.6) is 0 Å². The number of benzene rings is 1. The molecule has 1 aromatic carbocycles. The molecule has 8 nitrogen and oxygen atoms in total. The third kappa shape index (κ3) is 1.86. The van der Waals surface area contributed by atoms with Crippen molar-refractivity contribution in [1.29, 1.82) is 0 Å². The number of carboxylic acids is 1. The molecule has 3 N–H and O–H groups in total. The highest BCUT2D eigenvalue weighted by atomic mass is 16.8. The number of anilines is 1. The van der Waals surface area contributed by atoms with Crippen LogP contribution in [0.4, 0.5) is 11.4 Å². The molecule has 23 heavy (non-hydrogen) atoms. The van der Waals surface area contributed by atoms with Crippen molar-refractivity contribution in [1.82, 2.24) is 0 Å². The summed E-state index contributed by atoms with van der Waals surface area (Å²) in [5.74, 6) is -3.07. The number of amides is 1. The van der Waals surface area contributed by atoms with Gasteiger partial charge in [0.15, 0.2) is 5.69 Å². The Kier molecular flexibility index (Phi) is 2.88. The normalized spacial score (nSPS) is 35.7. The zero-order valence-electron chi connectivity index (χ0n) is 11.9. The standard InChI is InChI=1S/C15H14N2O6/c18-13-12-11(14(19)20)10-4-5-15(12,23-10)7-16(13)8-2-1-3-9(6-8)17(21)22/h1-6,10-12,17,21H,7H2,(H,19,20). The lowest BCUT2D eigenvalue weighted by atomic mass is 9.77. The zero-order chi connectivity index (χ0) is 16.4. The molecule has 120 valence electrons. The first-order valence-electron chi connectivity index (χ1n) is 7.18. The van der Waals surface area contributed by atoms with Gasteiger partial charge in [0.1, 0.15) is 11.5 Å². The minimum absolute atomic E-state index is 0.0698. The number of carboxylic acid groups (broad SMARTS) is 1. The molecule has 3 heterocycles. The van der Waals surface area contributed by atoms with Crippen LogP contribution in [0.2, 0.25) is 0 Å². The van der Waals surface area contributed by atoms with Crippen molar-refractivity contribution in [3.8, 4) is 0 Å². The number of nitrogens with one attached hydrogen (secondary N) is 1. The van der Waals surface area contributed by atoms with Crippen LogP contribution in [0.1, 0.15) is 0 Å². The maximum absolute atomic E-state index is 12.8. The molecule has 0 aliphatic carbocycles. The highest BCUT2D eigenvalue weighted by Crippen LogP contribution is 2.52. The summed E-state index contributed by atoms with van der Waals surface area (Å²) in [4.78, 5) is 25.7. The molecule has 4 rings (SSSR count). The van der Waals surface area contributed by atoms with Gasteiger partial charge in [0.2, 0.25) is 5.91 Å². The number of ether oxygens (including phenoxy) is 1. The Balaban J connectivity index is 1.72. The molecule has 0 aromatic heterocycles. The van der Waals surface area contributed by atoms with Crippen LogP contribution in [0.3, 0.4) is 0 Å². The van der Waals surface area contributed by atoms with E-state index in [1.165, 1.54) is 17.0 Å². The number of aliphatic carboxylic acids is 1. The second-order valence-corrected chi connectivity index (χ2v) is 6.02. The number of fused-ring (bicyclic) bond motifs is 1. The molecule has 5 unspecified atom stereocenters. The summed E-state index contributed by atoms with van der Waals surface area (Å²) < 4.78 is 5.79. The van der Waals surface area contributed by atoms with E-state index in [9.17, 15) is 19.9 Å². The number of quaternary nitrogens is 1. The maximum atomic E-state index is 12.8. The monoisotopic (exact) mass is 318 g/mol. The quantitative estimate of drug-likeness (QED) is 0.509. The summed E-state index contributed by atoms with van der Waals surface area (Å²) >= 11 is 0. The van der Waals surface area contributed by atoms with Gasteiger partial charge in [0, 0.05) is 17.8 Å². The van der Waals surface area contributed by atoms with E-state index in [2.05, 4.69) is 0 Å². The van der Waals surface area contributed by atoms with Gasteiger partial charge in [-0.25, -0.2) is 5.21 Å². The Hall–Kier alpha value is -2.26. The van der Waals surface area contributed by atoms with Gasteiger partial charge in [-0.3, -0.25) is 9.59 Å². The number of hydrogen-bond acceptors (Lipinski definition) is 5. The third-order valence-corrected chi connectivity index (χ3v) is 4.79. The Labute approximate surface area is 130 Å². The summed E-state index contributed by atoms with van der Waals surface area (Å²) in [7, 11) is 0. The SMILES string of the molecule is O=C(O)C1C2C=CC3(CN(c4cccc([NH+]([O-])O)c4)C(=O)C13)O2. The van der Waals surface area contributed by atoms with Gasteiger partial charge in [-0.15, -0.1) is 0 Å². The summed E-state index contributed by atoms with van der Waals surface area (Å²) in [6.45, 7) is 0.191. The van der Waals surface area contributed by atoms with E-state index in [-0.39, 0.29) is 18.1 Å². The molecule has 2 saturated heterocycles. The van der Waals surface area contributed by atoms with Crippen LogP contribution in [0.25, 0.3) is 0 Å². The average Bonchev–Trinajstić information content (AvgIpc) is 3.15. The van der Waals surface area contributed by atoms with Crippen LogP contribution < -0.4 is 10.1 Å². The van der Waals surface area contributed by atoms with E-state index in [1.807, 2.05) is 0 Å². The van der Waals surface area contributed by atoms with Gasteiger partial charge in [0.25, 0.3) is 0 Å². The number of carbonyl (C=O) groups is 2. The number of nitrogens with zero attached hydrogens (tertiary/aromatic N) is 1. The van der Waals surface area contributed by atoms with Gasteiger partial charge in [-0.2, -0.15) is 5.23 Å². The molecule has 2 bridgehead atoms. The van der Waals surface area contributed by atoms with E-state index in [0.29, 0.717) is 5.69 Å². The van der Waals surface area contributed by atoms with Crippen molar-refractivity contribution in [2.45, 2.75) is 11.7 Å². The lowest BCUT2D eigenvalue weighted by Crippen LogP contribution is -2.99. The molecule has 0 radical (unpaired) electrons. The third-order valence-electron chi connectivity index (χ3n) is 4.79. The van der Waals surface area contributed by atoms with E-state index < -0.39 is 34.7 Å². The van der Waals surface area contributed by atoms with Gasteiger partial charge >= 0.3 is 5.97 Å². The largest absolute Gasteiger partial charge is 0.595 e. The van der Waals surface area contributed by atoms with Crippen LogP contribution in [0.15, 0.2) is 36.4 Å². The Morgan fingerprint density at radius 3 is 2.96 bits per heavy atom. The van der Waals surface area contributed by atoms with Gasteiger partial charge in [-0.1, -0.05) is 18.2 Å². The maximum Gasteiger partial charge on any atom is 0.310 e. The molecular formula is C15H14N2O6. The molecule has 3 aliphatic heterocycles. The molecular weight excluding hydrogens is 304 g/mol. The second kappa shape index (κ2) is 4.62. The van der Waals surface area contributed by atoms with Crippen LogP contribution in [0, 0.1) is 17.0 Å². The topological polar surface area (TPSA) is 115 Å². The summed E-state index contributed by atoms with van der Waals surface area (Å²) in [6, 6.07) is 6.03. The molecule has 2 fully saturated rings. The van der Waals surface area contributed by atoms with Crippen molar-refractivity contribution < 1.29 is 29.9 Å². The number of hydrogen-bond donors (Lipinski definition) is 3. The van der Waals surface area contributed by atoms with Crippen LogP contribution in [-0.4, -0.2) is 40.4 Å². The number of rotatable bonds is 3. The Bertz CT molecular complexity index is 732. The first kappa shape index (κ1) is 14.3. The lowest BCUT2D eigenvalue weighted by Gasteiger charge is -2.22. The predicted molar refractivity (Wildman–Crippen MR) is 75.9 cm³/mol. The summed E-state index contributed by atoms with van der Waals surface area (Å²) in [6.07, 6.45) is 2.88. The second-order valence-electron chi connectivity index (χ2n) is 6.02. The van der Waals surface area contributed by atoms with E-state index in [4.69, 9.17) is 9.94 Å². The van der Waals surface area contributed by atoms with Crippen molar-refractivity contribution in [2.24, 2.45) is 11.8 Å². The fourth-order valence-electron chi connectivity index (χ4n) is 3.81. The van der Waals surface area contributed by atoms with E-state index in [0.717, 1.165) is 0 Å². The summed E-state index contributed by atoms with van der Waals surface area (Å²) in [5.41, 5.74) is -0.423. The lowest BCUT2D eigenvalue weighted by molar-refractivity contribution is -0.991. The fourth-order valence-corrected chi connectivity index (χ4v) is 3.81. The van der Waals surface area contributed by atoms with Gasteiger partial charge in [0.05, 0.1) is 18.6 Å². The average molecular weight is 318 g/mol.